The van der Waals surface area contributed by atoms with Gasteiger partial charge in [-0.1, -0.05) is 38.0 Å². The number of ether oxygens (including phenoxy) is 1. The Morgan fingerprint density at radius 1 is 0.829 bits per heavy atom. The van der Waals surface area contributed by atoms with Crippen LogP contribution in [-0.2, 0) is 19.3 Å². The molecule has 4 rings (SSSR count). The van der Waals surface area contributed by atoms with Crippen molar-refractivity contribution in [2.75, 3.05) is 0 Å². The first-order valence-corrected chi connectivity index (χ1v) is 11.5. The second-order valence-corrected chi connectivity index (χ2v) is 8.67. The van der Waals surface area contributed by atoms with E-state index in [0.29, 0.717) is 35.1 Å². The molecule has 7 heteroatoms. The average Bonchev–Trinajstić information content (AvgIpc) is 2.78. The van der Waals surface area contributed by atoms with Crippen LogP contribution in [0.15, 0.2) is 54.6 Å². The summed E-state index contributed by atoms with van der Waals surface area (Å²) in [7, 11) is 0. The van der Waals surface area contributed by atoms with E-state index in [1.807, 2.05) is 0 Å². The summed E-state index contributed by atoms with van der Waals surface area (Å²) in [4.78, 5) is 0. The molecule has 0 bridgehead atoms. The Hall–Kier alpha value is -3.22. The van der Waals surface area contributed by atoms with Gasteiger partial charge in [0.15, 0.2) is 0 Å². The Morgan fingerprint density at radius 3 is 2.14 bits per heavy atom. The van der Waals surface area contributed by atoms with Gasteiger partial charge in [-0.3, -0.25) is 0 Å². The van der Waals surface area contributed by atoms with Crippen molar-refractivity contribution in [2.45, 2.75) is 51.8 Å². The molecule has 1 aliphatic rings. The number of aryl methyl sites for hydroxylation is 1. The molecule has 1 aliphatic carbocycles. The fraction of sp³-hybridized carbons (Fsp3) is 0.286. The highest BCUT2D eigenvalue weighted by atomic mass is 19.4. The second-order valence-electron chi connectivity index (χ2n) is 8.67. The van der Waals surface area contributed by atoms with Crippen molar-refractivity contribution >= 4 is 5.57 Å². The Balaban J connectivity index is 1.56. The van der Waals surface area contributed by atoms with Crippen molar-refractivity contribution in [3.05, 3.63) is 94.3 Å². The molecule has 0 saturated heterocycles. The van der Waals surface area contributed by atoms with Crippen LogP contribution in [0.2, 0.25) is 0 Å². The number of rotatable bonds is 7. The summed E-state index contributed by atoms with van der Waals surface area (Å²) in [6, 6.07) is 10.6. The largest absolute Gasteiger partial charge is 0.573 e. The second kappa shape index (κ2) is 10.2. The monoisotopic (exact) mass is 490 g/mol. The number of fused-ring (bicyclic) bond motifs is 1. The molecule has 0 fully saturated rings. The minimum Gasteiger partial charge on any atom is -0.406 e. The van der Waals surface area contributed by atoms with Crippen molar-refractivity contribution in [1.29, 1.82) is 0 Å². The molecular formula is C28H24F6O. The highest BCUT2D eigenvalue weighted by molar-refractivity contribution is 5.74. The predicted octanol–water partition coefficient (Wildman–Crippen LogP) is 8.58. The fourth-order valence-electron chi connectivity index (χ4n) is 4.43. The summed E-state index contributed by atoms with van der Waals surface area (Å²) in [5.74, 6) is -2.21. The predicted molar refractivity (Wildman–Crippen MR) is 123 cm³/mol. The molecule has 0 amide bonds. The quantitative estimate of drug-likeness (QED) is 0.238. The smallest absolute Gasteiger partial charge is 0.406 e. The lowest BCUT2D eigenvalue weighted by molar-refractivity contribution is -0.274. The Kier molecular flexibility index (Phi) is 7.24. The molecule has 0 aromatic heterocycles. The maximum absolute atomic E-state index is 14.9. The van der Waals surface area contributed by atoms with E-state index in [1.165, 1.54) is 30.3 Å². The summed E-state index contributed by atoms with van der Waals surface area (Å²) in [5.41, 5.74) is 3.03. The molecular weight excluding hydrogens is 466 g/mol. The standard InChI is InChI=1S/C28H24F6O/c1-2-3-4-5-17-12-25(30)27(26(31)13-17)20-7-6-19-15-23(24(29)16-21(19)14-20)18-8-10-22(11-9-18)35-28(32,33)34/h7-13,15-16H,2-6,14H2,1H3. The third-order valence-corrected chi connectivity index (χ3v) is 6.13. The van der Waals surface area contributed by atoms with Gasteiger partial charge in [0.2, 0.25) is 0 Å². The maximum Gasteiger partial charge on any atom is 0.573 e. The van der Waals surface area contributed by atoms with Crippen LogP contribution in [0.5, 0.6) is 5.75 Å². The van der Waals surface area contributed by atoms with Crippen LogP contribution in [0, 0.1) is 17.5 Å². The summed E-state index contributed by atoms with van der Waals surface area (Å²) in [6.07, 6.45) is 0.945. The minimum absolute atomic E-state index is 0.0837. The van der Waals surface area contributed by atoms with Gasteiger partial charge in [0.05, 0.1) is 0 Å². The first kappa shape index (κ1) is 24.9. The number of hydrogen-bond acceptors (Lipinski definition) is 1. The van der Waals surface area contributed by atoms with Crippen LogP contribution in [0.1, 0.15) is 48.4 Å². The van der Waals surface area contributed by atoms with E-state index in [9.17, 15) is 26.3 Å². The number of alkyl halides is 3. The van der Waals surface area contributed by atoms with Crippen LogP contribution >= 0.6 is 0 Å². The first-order valence-electron chi connectivity index (χ1n) is 11.5. The lowest BCUT2D eigenvalue weighted by atomic mass is 9.85. The molecule has 1 nitrogen and oxygen atoms in total. The average molecular weight is 490 g/mol. The summed E-state index contributed by atoms with van der Waals surface area (Å²) in [5, 5.41) is 0. The molecule has 0 aliphatic heterocycles. The molecule has 3 aromatic rings. The third-order valence-electron chi connectivity index (χ3n) is 6.13. The fourth-order valence-corrected chi connectivity index (χ4v) is 4.43. The van der Waals surface area contributed by atoms with Gasteiger partial charge >= 0.3 is 6.36 Å². The lowest BCUT2D eigenvalue weighted by Crippen LogP contribution is -2.16. The molecule has 0 spiro atoms. The van der Waals surface area contributed by atoms with E-state index < -0.39 is 29.6 Å². The SMILES string of the molecule is CCCCCc1cc(F)c(C2=CCc3cc(-c4ccc(OC(F)(F)F)cc4)c(F)cc3C2)c(F)c1. The number of allylic oxidation sites excluding steroid dienone is 2. The molecule has 0 unspecified atom stereocenters. The van der Waals surface area contributed by atoms with Gasteiger partial charge in [-0.25, -0.2) is 13.2 Å². The Bertz CT molecular complexity index is 1220. The van der Waals surface area contributed by atoms with Gasteiger partial charge in [0.1, 0.15) is 23.2 Å². The van der Waals surface area contributed by atoms with E-state index in [2.05, 4.69) is 11.7 Å². The van der Waals surface area contributed by atoms with Crippen LogP contribution in [0.3, 0.4) is 0 Å². The topological polar surface area (TPSA) is 9.23 Å². The summed E-state index contributed by atoms with van der Waals surface area (Å²) >= 11 is 0. The third kappa shape index (κ3) is 5.89. The summed E-state index contributed by atoms with van der Waals surface area (Å²) in [6.45, 7) is 2.06. The summed E-state index contributed by atoms with van der Waals surface area (Å²) < 4.78 is 85.6. The zero-order chi connectivity index (χ0) is 25.2. The van der Waals surface area contributed by atoms with Gasteiger partial charge in [-0.05, 0) is 89.9 Å². The number of unbranched alkanes of at least 4 members (excludes halogenated alkanes) is 2. The molecule has 0 heterocycles. The van der Waals surface area contributed by atoms with Crippen LogP contribution in [0.25, 0.3) is 16.7 Å². The first-order chi connectivity index (χ1) is 16.6. The van der Waals surface area contributed by atoms with Crippen molar-refractivity contribution in [3.63, 3.8) is 0 Å². The molecule has 0 atom stereocenters. The van der Waals surface area contributed by atoms with Crippen molar-refractivity contribution in [2.24, 2.45) is 0 Å². The van der Waals surface area contributed by atoms with Crippen LogP contribution < -0.4 is 4.74 Å². The number of hydrogen-bond donors (Lipinski definition) is 0. The maximum atomic E-state index is 14.9. The molecule has 0 saturated carbocycles. The van der Waals surface area contributed by atoms with Gasteiger partial charge in [0, 0.05) is 11.1 Å². The van der Waals surface area contributed by atoms with Crippen molar-refractivity contribution in [1.82, 2.24) is 0 Å². The van der Waals surface area contributed by atoms with E-state index in [-0.39, 0.29) is 17.5 Å². The van der Waals surface area contributed by atoms with Gasteiger partial charge < -0.3 is 4.74 Å². The molecule has 0 N–H and O–H groups in total. The Morgan fingerprint density at radius 2 is 1.51 bits per heavy atom. The van der Waals surface area contributed by atoms with Crippen LogP contribution in [0.4, 0.5) is 26.3 Å². The van der Waals surface area contributed by atoms with E-state index in [1.54, 1.807) is 12.1 Å². The van der Waals surface area contributed by atoms with E-state index in [4.69, 9.17) is 0 Å². The molecule has 35 heavy (non-hydrogen) atoms. The van der Waals surface area contributed by atoms with Gasteiger partial charge in [-0.15, -0.1) is 13.2 Å². The van der Waals surface area contributed by atoms with Crippen LogP contribution in [-0.4, -0.2) is 6.36 Å². The molecule has 184 valence electrons. The highest BCUT2D eigenvalue weighted by Crippen LogP contribution is 2.35. The zero-order valence-corrected chi connectivity index (χ0v) is 19.1. The lowest BCUT2D eigenvalue weighted by Gasteiger charge is -2.20. The van der Waals surface area contributed by atoms with E-state index >= 15 is 0 Å². The number of halogens is 6. The van der Waals surface area contributed by atoms with Crippen molar-refractivity contribution in [3.8, 4) is 16.9 Å². The van der Waals surface area contributed by atoms with Gasteiger partial charge in [0.25, 0.3) is 0 Å². The van der Waals surface area contributed by atoms with E-state index in [0.717, 1.165) is 37.0 Å². The Labute approximate surface area is 200 Å². The molecule has 0 radical (unpaired) electrons. The van der Waals surface area contributed by atoms with Crippen molar-refractivity contribution < 1.29 is 31.1 Å². The highest BCUT2D eigenvalue weighted by Gasteiger charge is 2.31. The molecule has 3 aromatic carbocycles. The number of benzene rings is 3. The minimum atomic E-state index is -4.81. The normalized spacial score (nSPS) is 13.4. The zero-order valence-electron chi connectivity index (χ0n) is 19.1. The van der Waals surface area contributed by atoms with Gasteiger partial charge in [-0.2, -0.15) is 0 Å².